The second-order valence-corrected chi connectivity index (χ2v) is 5.37. The second-order valence-electron chi connectivity index (χ2n) is 5.37. The predicted molar refractivity (Wildman–Crippen MR) is 77.2 cm³/mol. The molecule has 0 amide bonds. The van der Waals surface area contributed by atoms with Gasteiger partial charge in [0, 0.05) is 24.7 Å². The summed E-state index contributed by atoms with van der Waals surface area (Å²) in [5, 5.41) is 3.66. The van der Waals surface area contributed by atoms with Crippen LogP contribution in [0.25, 0.3) is 0 Å². The molecule has 0 saturated heterocycles. The second kappa shape index (κ2) is 6.60. The third-order valence-corrected chi connectivity index (χ3v) is 3.65. The van der Waals surface area contributed by atoms with Crippen molar-refractivity contribution in [3.8, 4) is 0 Å². The number of rotatable bonds is 5. The van der Waals surface area contributed by atoms with Crippen molar-refractivity contribution < 1.29 is 0 Å². The first kappa shape index (κ1) is 13.2. The van der Waals surface area contributed by atoms with Crippen LogP contribution >= 0.6 is 0 Å². The van der Waals surface area contributed by atoms with Crippen LogP contribution < -0.4 is 11.1 Å². The lowest BCUT2D eigenvalue weighted by atomic mass is 9.95. The molecule has 98 valence electrons. The van der Waals surface area contributed by atoms with E-state index in [2.05, 4.69) is 36.2 Å². The number of nitrogens with one attached hydrogen (secondary N) is 1. The van der Waals surface area contributed by atoms with Gasteiger partial charge in [-0.2, -0.15) is 0 Å². The monoisotopic (exact) mass is 244 g/mol. The molecule has 3 N–H and O–H groups in total. The van der Waals surface area contributed by atoms with Gasteiger partial charge in [-0.15, -0.1) is 0 Å². The molecule has 2 heteroatoms. The Morgan fingerprint density at radius 2 is 1.72 bits per heavy atom. The summed E-state index contributed by atoms with van der Waals surface area (Å²) in [6, 6.07) is 9.40. The van der Waals surface area contributed by atoms with Crippen molar-refractivity contribution in [2.24, 2.45) is 5.73 Å². The van der Waals surface area contributed by atoms with Crippen molar-refractivity contribution in [1.82, 2.24) is 5.32 Å². The molecule has 1 aliphatic rings. The van der Waals surface area contributed by atoms with Crippen molar-refractivity contribution in [2.45, 2.75) is 51.1 Å². The van der Waals surface area contributed by atoms with Crippen LogP contribution in [0.15, 0.2) is 36.5 Å². The molecule has 1 aliphatic carbocycles. The number of hydrogen-bond donors (Lipinski definition) is 2. The van der Waals surface area contributed by atoms with Gasteiger partial charge in [0.05, 0.1) is 0 Å². The van der Waals surface area contributed by atoms with E-state index >= 15 is 0 Å². The molecular formula is C16H24N2. The maximum absolute atomic E-state index is 5.61. The van der Waals surface area contributed by atoms with E-state index in [0.29, 0.717) is 0 Å². The molecule has 1 aromatic carbocycles. The lowest BCUT2D eigenvalue weighted by Gasteiger charge is -2.22. The molecule has 0 atom stereocenters. The standard InChI is InChI=1S/C16H24N2/c1-13(17)11-14-7-9-15(10-8-14)12-18-16-5-3-2-4-6-16/h7-10,16,18H,1-6,11-12,17H2. The Labute approximate surface area is 110 Å². The lowest BCUT2D eigenvalue weighted by Crippen LogP contribution is -2.30. The molecule has 1 saturated carbocycles. The van der Waals surface area contributed by atoms with Crippen molar-refractivity contribution in [2.75, 3.05) is 0 Å². The Hall–Kier alpha value is -1.28. The van der Waals surface area contributed by atoms with E-state index < -0.39 is 0 Å². The molecule has 2 rings (SSSR count). The molecule has 0 aromatic heterocycles. The van der Waals surface area contributed by atoms with Gasteiger partial charge in [0.1, 0.15) is 0 Å². The fraction of sp³-hybridized carbons (Fsp3) is 0.500. The molecule has 18 heavy (non-hydrogen) atoms. The Bertz CT molecular complexity index is 375. The number of nitrogens with two attached hydrogens (primary N) is 1. The molecule has 0 spiro atoms. The Morgan fingerprint density at radius 3 is 2.33 bits per heavy atom. The molecule has 1 aromatic rings. The SMILES string of the molecule is C=C(N)Cc1ccc(CNC2CCCCC2)cc1. The topological polar surface area (TPSA) is 38.0 Å². The summed E-state index contributed by atoms with van der Waals surface area (Å²) >= 11 is 0. The summed E-state index contributed by atoms with van der Waals surface area (Å²) < 4.78 is 0. The number of hydrogen-bond acceptors (Lipinski definition) is 2. The summed E-state index contributed by atoms with van der Waals surface area (Å²) in [4.78, 5) is 0. The van der Waals surface area contributed by atoms with E-state index in [1.165, 1.54) is 43.2 Å². The first-order chi connectivity index (χ1) is 8.74. The van der Waals surface area contributed by atoms with Crippen molar-refractivity contribution in [1.29, 1.82) is 0 Å². The molecule has 0 radical (unpaired) electrons. The summed E-state index contributed by atoms with van der Waals surface area (Å²) in [7, 11) is 0. The maximum Gasteiger partial charge on any atom is 0.0208 e. The van der Waals surface area contributed by atoms with E-state index in [-0.39, 0.29) is 0 Å². The number of benzene rings is 1. The summed E-state index contributed by atoms with van der Waals surface area (Å²) in [6.07, 6.45) is 7.63. The Kier molecular flexibility index (Phi) is 4.82. The number of allylic oxidation sites excluding steroid dienone is 1. The Balaban J connectivity index is 1.80. The molecule has 0 heterocycles. The molecule has 2 nitrogen and oxygen atoms in total. The van der Waals surface area contributed by atoms with Gasteiger partial charge in [-0.1, -0.05) is 50.1 Å². The highest BCUT2D eigenvalue weighted by atomic mass is 14.9. The molecule has 1 fully saturated rings. The minimum Gasteiger partial charge on any atom is -0.402 e. The normalized spacial score (nSPS) is 16.7. The lowest BCUT2D eigenvalue weighted by molar-refractivity contribution is 0.372. The van der Waals surface area contributed by atoms with E-state index in [1.807, 2.05) is 0 Å². The van der Waals surface area contributed by atoms with Crippen LogP contribution in [0.2, 0.25) is 0 Å². The van der Waals surface area contributed by atoms with Gasteiger partial charge >= 0.3 is 0 Å². The first-order valence-corrected chi connectivity index (χ1v) is 6.98. The van der Waals surface area contributed by atoms with Crippen molar-refractivity contribution in [3.05, 3.63) is 47.7 Å². The van der Waals surface area contributed by atoms with Crippen LogP contribution in [-0.2, 0) is 13.0 Å². The van der Waals surface area contributed by atoms with Crippen LogP contribution in [0.3, 0.4) is 0 Å². The highest BCUT2D eigenvalue weighted by molar-refractivity contribution is 5.25. The van der Waals surface area contributed by atoms with E-state index in [4.69, 9.17) is 5.73 Å². The minimum absolute atomic E-state index is 0.724. The van der Waals surface area contributed by atoms with Gasteiger partial charge in [0.25, 0.3) is 0 Å². The maximum atomic E-state index is 5.61. The van der Waals surface area contributed by atoms with Crippen LogP contribution in [0.1, 0.15) is 43.2 Å². The average Bonchev–Trinajstić information content (AvgIpc) is 2.38. The van der Waals surface area contributed by atoms with E-state index in [0.717, 1.165) is 24.7 Å². The van der Waals surface area contributed by atoms with Gasteiger partial charge in [0.15, 0.2) is 0 Å². The highest BCUT2D eigenvalue weighted by Gasteiger charge is 2.12. The fourth-order valence-corrected chi connectivity index (χ4v) is 2.61. The zero-order valence-electron chi connectivity index (χ0n) is 11.1. The minimum atomic E-state index is 0.724. The van der Waals surface area contributed by atoms with Crippen molar-refractivity contribution in [3.63, 3.8) is 0 Å². The molecule has 0 aliphatic heterocycles. The zero-order valence-corrected chi connectivity index (χ0v) is 11.1. The van der Waals surface area contributed by atoms with Gasteiger partial charge < -0.3 is 11.1 Å². The van der Waals surface area contributed by atoms with Gasteiger partial charge in [-0.25, -0.2) is 0 Å². The zero-order chi connectivity index (χ0) is 12.8. The Morgan fingerprint density at radius 1 is 1.11 bits per heavy atom. The summed E-state index contributed by atoms with van der Waals surface area (Å²) in [5.74, 6) is 0. The van der Waals surface area contributed by atoms with Crippen molar-refractivity contribution >= 4 is 0 Å². The average molecular weight is 244 g/mol. The highest BCUT2D eigenvalue weighted by Crippen LogP contribution is 2.18. The summed E-state index contributed by atoms with van der Waals surface area (Å²) in [5.41, 5.74) is 8.93. The third-order valence-electron chi connectivity index (χ3n) is 3.65. The predicted octanol–water partition coefficient (Wildman–Crippen LogP) is 3.12. The third kappa shape index (κ3) is 4.19. The summed E-state index contributed by atoms with van der Waals surface area (Å²) in [6.45, 7) is 4.72. The van der Waals surface area contributed by atoms with Crippen LogP contribution in [0.5, 0.6) is 0 Å². The van der Waals surface area contributed by atoms with E-state index in [1.54, 1.807) is 0 Å². The van der Waals surface area contributed by atoms with E-state index in [9.17, 15) is 0 Å². The van der Waals surface area contributed by atoms with Gasteiger partial charge in [-0.05, 0) is 24.0 Å². The quantitative estimate of drug-likeness (QED) is 0.835. The smallest absolute Gasteiger partial charge is 0.0208 e. The van der Waals surface area contributed by atoms with Crippen LogP contribution in [0, 0.1) is 0 Å². The first-order valence-electron chi connectivity index (χ1n) is 6.98. The molecule has 0 bridgehead atoms. The van der Waals surface area contributed by atoms with Crippen LogP contribution in [0.4, 0.5) is 0 Å². The van der Waals surface area contributed by atoms with Crippen LogP contribution in [-0.4, -0.2) is 6.04 Å². The molecular weight excluding hydrogens is 220 g/mol. The van der Waals surface area contributed by atoms with Gasteiger partial charge in [-0.3, -0.25) is 0 Å². The fourth-order valence-electron chi connectivity index (χ4n) is 2.61. The van der Waals surface area contributed by atoms with Gasteiger partial charge in [0.2, 0.25) is 0 Å². The molecule has 0 unspecified atom stereocenters. The largest absolute Gasteiger partial charge is 0.402 e.